The Labute approximate surface area is 163 Å². The van der Waals surface area contributed by atoms with Crippen LogP contribution in [0.15, 0.2) is 35.3 Å². The molecule has 1 atom stereocenters. The topological polar surface area (TPSA) is 77.8 Å². The van der Waals surface area contributed by atoms with Crippen LogP contribution in [-0.4, -0.2) is 47.1 Å². The molecule has 0 bridgehead atoms. The van der Waals surface area contributed by atoms with Crippen molar-refractivity contribution < 1.29 is 19.1 Å². The number of piperidine rings is 1. The number of hydrogen-bond acceptors (Lipinski definition) is 5. The van der Waals surface area contributed by atoms with Gasteiger partial charge >= 0.3 is 5.97 Å². The van der Waals surface area contributed by atoms with Crippen molar-refractivity contribution in [1.82, 2.24) is 9.47 Å². The average molecular weight is 386 g/mol. The van der Waals surface area contributed by atoms with Crippen molar-refractivity contribution in [2.24, 2.45) is 0 Å². The molecule has 2 aromatic rings. The monoisotopic (exact) mass is 386 g/mol. The molecule has 1 unspecified atom stereocenters. The SMILES string of the molecule is CCOC(=O)C(C)Oc1cccc2c(=O)n(CC(=O)N3CCCCC3)ccc12. The second-order valence-corrected chi connectivity index (χ2v) is 6.92. The highest BCUT2D eigenvalue weighted by Crippen LogP contribution is 2.24. The van der Waals surface area contributed by atoms with Crippen LogP contribution < -0.4 is 10.3 Å². The van der Waals surface area contributed by atoms with E-state index in [2.05, 4.69) is 0 Å². The summed E-state index contributed by atoms with van der Waals surface area (Å²) < 4.78 is 12.1. The average Bonchev–Trinajstić information content (AvgIpc) is 2.71. The molecule has 0 saturated carbocycles. The van der Waals surface area contributed by atoms with E-state index < -0.39 is 12.1 Å². The maximum Gasteiger partial charge on any atom is 0.347 e. The first-order valence-corrected chi connectivity index (χ1v) is 9.74. The van der Waals surface area contributed by atoms with Gasteiger partial charge in [0.15, 0.2) is 6.10 Å². The van der Waals surface area contributed by atoms with Crippen LogP contribution in [0.3, 0.4) is 0 Å². The zero-order valence-corrected chi connectivity index (χ0v) is 16.3. The van der Waals surface area contributed by atoms with Gasteiger partial charge in [-0.05, 0) is 51.3 Å². The van der Waals surface area contributed by atoms with Crippen LogP contribution in [0.5, 0.6) is 5.75 Å². The van der Waals surface area contributed by atoms with E-state index in [1.54, 1.807) is 44.3 Å². The van der Waals surface area contributed by atoms with Crippen molar-refractivity contribution in [1.29, 1.82) is 0 Å². The minimum Gasteiger partial charge on any atom is -0.478 e. The number of fused-ring (bicyclic) bond motifs is 1. The molecule has 1 fully saturated rings. The second-order valence-electron chi connectivity index (χ2n) is 6.92. The smallest absolute Gasteiger partial charge is 0.347 e. The van der Waals surface area contributed by atoms with E-state index in [-0.39, 0.29) is 24.6 Å². The van der Waals surface area contributed by atoms with E-state index >= 15 is 0 Å². The predicted octanol–water partition coefficient (Wildman–Crippen LogP) is 2.34. The molecule has 7 heteroatoms. The van der Waals surface area contributed by atoms with Gasteiger partial charge in [-0.3, -0.25) is 9.59 Å². The summed E-state index contributed by atoms with van der Waals surface area (Å²) in [6.45, 7) is 5.15. The minimum atomic E-state index is -0.784. The quantitative estimate of drug-likeness (QED) is 0.712. The number of pyridine rings is 1. The number of carbonyl (C=O) groups excluding carboxylic acids is 2. The van der Waals surface area contributed by atoms with Crippen molar-refractivity contribution in [2.45, 2.75) is 45.8 Å². The summed E-state index contributed by atoms with van der Waals surface area (Å²) in [6.07, 6.45) is 3.99. The zero-order valence-electron chi connectivity index (χ0n) is 16.3. The summed E-state index contributed by atoms with van der Waals surface area (Å²) in [7, 11) is 0. The Morgan fingerprint density at radius 2 is 1.86 bits per heavy atom. The summed E-state index contributed by atoms with van der Waals surface area (Å²) in [5.41, 5.74) is -0.253. The maximum atomic E-state index is 12.9. The van der Waals surface area contributed by atoms with Crippen LogP contribution in [0.25, 0.3) is 10.8 Å². The molecule has 0 aliphatic carbocycles. The lowest BCUT2D eigenvalue weighted by Gasteiger charge is -2.27. The Hall–Kier alpha value is -2.83. The third-order valence-electron chi connectivity index (χ3n) is 4.92. The molecule has 0 radical (unpaired) electrons. The van der Waals surface area contributed by atoms with E-state index in [0.29, 0.717) is 16.5 Å². The van der Waals surface area contributed by atoms with Gasteiger partial charge in [-0.25, -0.2) is 4.79 Å². The molecule has 7 nitrogen and oxygen atoms in total. The number of amides is 1. The first kappa shape index (κ1) is 19.9. The van der Waals surface area contributed by atoms with Gasteiger partial charge < -0.3 is 18.9 Å². The largest absolute Gasteiger partial charge is 0.478 e. The Kier molecular flexibility index (Phi) is 6.34. The number of rotatable bonds is 6. The van der Waals surface area contributed by atoms with Gasteiger partial charge in [0, 0.05) is 24.7 Å². The first-order chi connectivity index (χ1) is 13.5. The third kappa shape index (κ3) is 4.35. The summed E-state index contributed by atoms with van der Waals surface area (Å²) in [6, 6.07) is 6.85. The number of aromatic nitrogens is 1. The summed E-state index contributed by atoms with van der Waals surface area (Å²) >= 11 is 0. The highest BCUT2D eigenvalue weighted by molar-refractivity contribution is 5.88. The standard InChI is InChI=1S/C21H26N2O5/c1-3-27-21(26)15(2)28-18-9-7-8-17-16(18)10-13-23(20(17)25)14-19(24)22-11-5-4-6-12-22/h7-10,13,15H,3-6,11-12,14H2,1-2H3. The van der Waals surface area contributed by atoms with Crippen LogP contribution in [0.1, 0.15) is 33.1 Å². The molecule has 28 heavy (non-hydrogen) atoms. The van der Waals surface area contributed by atoms with E-state index in [4.69, 9.17) is 9.47 Å². The Bertz CT molecular complexity index is 915. The van der Waals surface area contributed by atoms with Gasteiger partial charge in [-0.2, -0.15) is 0 Å². The second kappa shape index (κ2) is 8.91. The van der Waals surface area contributed by atoms with Crippen LogP contribution in [0.4, 0.5) is 0 Å². The van der Waals surface area contributed by atoms with Crippen LogP contribution in [0, 0.1) is 0 Å². The van der Waals surface area contributed by atoms with Gasteiger partial charge in [-0.1, -0.05) is 6.07 Å². The van der Waals surface area contributed by atoms with E-state index in [1.165, 1.54) is 4.57 Å². The highest BCUT2D eigenvalue weighted by Gasteiger charge is 2.19. The van der Waals surface area contributed by atoms with E-state index in [0.717, 1.165) is 32.4 Å². The Balaban J connectivity index is 1.83. The number of carbonyl (C=O) groups is 2. The van der Waals surface area contributed by atoms with Gasteiger partial charge in [-0.15, -0.1) is 0 Å². The normalized spacial score (nSPS) is 15.3. The molecule has 1 aliphatic heterocycles. The third-order valence-corrected chi connectivity index (χ3v) is 4.92. The lowest BCUT2D eigenvalue weighted by molar-refractivity contribution is -0.150. The number of hydrogen-bond donors (Lipinski definition) is 0. The molecular formula is C21H26N2O5. The lowest BCUT2D eigenvalue weighted by atomic mass is 10.1. The molecule has 1 aromatic carbocycles. The zero-order chi connectivity index (χ0) is 20.1. The lowest BCUT2D eigenvalue weighted by Crippen LogP contribution is -2.39. The highest BCUT2D eigenvalue weighted by atomic mass is 16.6. The van der Waals surface area contributed by atoms with Gasteiger partial charge in [0.1, 0.15) is 12.3 Å². The summed E-state index contributed by atoms with van der Waals surface area (Å²) in [4.78, 5) is 39.0. The minimum absolute atomic E-state index is 0.0269. The Morgan fingerprint density at radius 3 is 2.57 bits per heavy atom. The number of likely N-dealkylation sites (tertiary alicyclic amines) is 1. The summed E-state index contributed by atoms with van der Waals surface area (Å²) in [5, 5.41) is 1.05. The summed E-state index contributed by atoms with van der Waals surface area (Å²) in [5.74, 6) is -0.0610. The predicted molar refractivity (Wildman–Crippen MR) is 105 cm³/mol. The molecule has 3 rings (SSSR count). The maximum absolute atomic E-state index is 12.9. The fraction of sp³-hybridized carbons (Fsp3) is 0.476. The molecule has 1 saturated heterocycles. The molecule has 150 valence electrons. The number of ether oxygens (including phenoxy) is 2. The fourth-order valence-electron chi connectivity index (χ4n) is 3.40. The molecule has 1 amide bonds. The molecular weight excluding hydrogens is 360 g/mol. The van der Waals surface area contributed by atoms with Crippen LogP contribution >= 0.6 is 0 Å². The molecule has 0 spiro atoms. The van der Waals surface area contributed by atoms with Crippen molar-refractivity contribution in [2.75, 3.05) is 19.7 Å². The van der Waals surface area contributed by atoms with Crippen LogP contribution in [-0.2, 0) is 20.9 Å². The molecule has 2 heterocycles. The van der Waals surface area contributed by atoms with Gasteiger partial charge in [0.25, 0.3) is 5.56 Å². The van der Waals surface area contributed by atoms with Crippen molar-refractivity contribution >= 4 is 22.6 Å². The number of esters is 1. The molecule has 0 N–H and O–H groups in total. The van der Waals surface area contributed by atoms with E-state index in [1.807, 2.05) is 4.90 Å². The fourth-order valence-corrected chi connectivity index (χ4v) is 3.40. The van der Waals surface area contributed by atoms with Crippen molar-refractivity contribution in [3.63, 3.8) is 0 Å². The Morgan fingerprint density at radius 1 is 1.11 bits per heavy atom. The van der Waals surface area contributed by atoms with Crippen molar-refractivity contribution in [3.8, 4) is 5.75 Å². The number of nitrogens with zero attached hydrogens (tertiary/aromatic N) is 2. The van der Waals surface area contributed by atoms with Gasteiger partial charge in [0.2, 0.25) is 5.91 Å². The van der Waals surface area contributed by atoms with E-state index in [9.17, 15) is 14.4 Å². The van der Waals surface area contributed by atoms with Crippen LogP contribution in [0.2, 0.25) is 0 Å². The van der Waals surface area contributed by atoms with Gasteiger partial charge in [0.05, 0.1) is 12.0 Å². The first-order valence-electron chi connectivity index (χ1n) is 9.74. The molecule has 1 aromatic heterocycles. The molecule has 1 aliphatic rings. The van der Waals surface area contributed by atoms with Crippen molar-refractivity contribution in [3.05, 3.63) is 40.8 Å². The number of benzene rings is 1.